The molecule has 3 aliphatic carbocycles. The topological polar surface area (TPSA) is 26.3 Å². The molecule has 0 amide bonds. The molecule has 3 atom stereocenters. The highest BCUT2D eigenvalue weighted by Crippen LogP contribution is 2.73. The van der Waals surface area contributed by atoms with Gasteiger partial charge in [0, 0.05) is 0 Å². The first-order chi connectivity index (χ1) is 5.95. The van der Waals surface area contributed by atoms with E-state index in [1.165, 1.54) is 20.0 Å². The second-order valence-electron chi connectivity index (χ2n) is 5.29. The van der Waals surface area contributed by atoms with E-state index in [0.29, 0.717) is 11.3 Å². The maximum atomic E-state index is 11.5. The maximum Gasteiger partial charge on any atom is 0.309 e. The van der Waals surface area contributed by atoms with E-state index in [9.17, 15) is 4.79 Å². The lowest BCUT2D eigenvalue weighted by molar-refractivity contribution is -0.180. The summed E-state index contributed by atoms with van der Waals surface area (Å²) in [6, 6.07) is 0. The first kappa shape index (κ1) is 9.04. The van der Waals surface area contributed by atoms with Gasteiger partial charge in [0.05, 0.1) is 13.0 Å². The summed E-state index contributed by atoms with van der Waals surface area (Å²) in [5.74, 6) is 0.738. The summed E-state index contributed by atoms with van der Waals surface area (Å²) < 4.78 is 4.85. The Morgan fingerprint density at radius 2 is 2.00 bits per heavy atom. The van der Waals surface area contributed by atoms with Crippen molar-refractivity contribution >= 4 is 5.97 Å². The predicted octanol–water partition coefficient (Wildman–Crippen LogP) is 2.23. The van der Waals surface area contributed by atoms with Gasteiger partial charge in [-0.05, 0) is 29.6 Å². The Morgan fingerprint density at radius 1 is 1.38 bits per heavy atom. The van der Waals surface area contributed by atoms with Crippen LogP contribution in [-0.2, 0) is 9.53 Å². The van der Waals surface area contributed by atoms with Crippen molar-refractivity contribution in [2.24, 2.45) is 22.7 Å². The molecular formula is C11H18O2. The van der Waals surface area contributed by atoms with Gasteiger partial charge in [-0.2, -0.15) is 0 Å². The van der Waals surface area contributed by atoms with Crippen LogP contribution >= 0.6 is 0 Å². The molecule has 0 radical (unpaired) electrons. The highest BCUT2D eigenvalue weighted by Gasteiger charge is 2.71. The molecule has 0 aromatic heterocycles. The van der Waals surface area contributed by atoms with Gasteiger partial charge in [-0.25, -0.2) is 0 Å². The Bertz CT molecular complexity index is 257. The third-order valence-corrected chi connectivity index (χ3v) is 4.92. The number of carbonyl (C=O) groups excluding carboxylic acids is 1. The molecule has 74 valence electrons. The zero-order valence-corrected chi connectivity index (χ0v) is 8.89. The van der Waals surface area contributed by atoms with Crippen molar-refractivity contribution in [3.8, 4) is 0 Å². The Morgan fingerprint density at radius 3 is 2.31 bits per heavy atom. The normalized spacial score (nSPS) is 45.5. The Kier molecular flexibility index (Phi) is 1.59. The summed E-state index contributed by atoms with van der Waals surface area (Å²) in [5.41, 5.74) is 0.538. The number of hydrogen-bond donors (Lipinski definition) is 0. The second-order valence-corrected chi connectivity index (χ2v) is 5.29. The summed E-state index contributed by atoms with van der Waals surface area (Å²) in [4.78, 5) is 11.5. The molecule has 0 saturated heterocycles. The largest absolute Gasteiger partial charge is 0.469 e. The Labute approximate surface area is 79.7 Å². The molecule has 0 aromatic carbocycles. The average Bonchev–Trinajstić information content (AvgIpc) is 2.54. The van der Waals surface area contributed by atoms with Crippen LogP contribution in [0, 0.1) is 22.7 Å². The lowest BCUT2D eigenvalue weighted by Gasteiger charge is -2.58. The quantitative estimate of drug-likeness (QED) is 0.581. The predicted molar refractivity (Wildman–Crippen MR) is 50.1 cm³/mol. The lowest BCUT2D eigenvalue weighted by atomic mass is 9.45. The van der Waals surface area contributed by atoms with Crippen LogP contribution in [0.5, 0.6) is 0 Å². The van der Waals surface area contributed by atoms with Gasteiger partial charge in [-0.1, -0.05) is 20.8 Å². The standard InChI is InChI=1S/C11H18O2/c1-10(2)7-5-6-11(10,3)8(7)9(12)13-4/h7-8H,5-6H2,1-4H3/t7-,8+,11-/m1/s1. The van der Waals surface area contributed by atoms with E-state index in [4.69, 9.17) is 4.74 Å². The van der Waals surface area contributed by atoms with Crippen LogP contribution in [0.25, 0.3) is 0 Å². The zero-order valence-electron chi connectivity index (χ0n) is 8.89. The molecule has 0 aromatic rings. The van der Waals surface area contributed by atoms with E-state index in [2.05, 4.69) is 20.8 Å². The molecule has 0 heterocycles. The van der Waals surface area contributed by atoms with Crippen molar-refractivity contribution in [1.82, 2.24) is 0 Å². The third-order valence-electron chi connectivity index (χ3n) is 4.92. The van der Waals surface area contributed by atoms with Crippen molar-refractivity contribution in [2.75, 3.05) is 7.11 Å². The summed E-state index contributed by atoms with van der Waals surface area (Å²) >= 11 is 0. The van der Waals surface area contributed by atoms with Crippen molar-refractivity contribution in [3.63, 3.8) is 0 Å². The molecule has 0 aliphatic heterocycles. The molecule has 2 heteroatoms. The van der Waals surface area contributed by atoms with Crippen LogP contribution in [0.15, 0.2) is 0 Å². The minimum absolute atomic E-state index is 0.00400. The molecule has 3 rings (SSSR count). The van der Waals surface area contributed by atoms with Crippen molar-refractivity contribution in [3.05, 3.63) is 0 Å². The van der Waals surface area contributed by atoms with Crippen LogP contribution in [0.2, 0.25) is 0 Å². The molecule has 2 nitrogen and oxygen atoms in total. The first-order valence-corrected chi connectivity index (χ1v) is 5.03. The number of hydrogen-bond acceptors (Lipinski definition) is 2. The van der Waals surface area contributed by atoms with E-state index >= 15 is 0 Å². The van der Waals surface area contributed by atoms with Crippen molar-refractivity contribution < 1.29 is 9.53 Å². The molecule has 2 bridgehead atoms. The van der Waals surface area contributed by atoms with E-state index < -0.39 is 0 Å². The number of rotatable bonds is 1. The monoisotopic (exact) mass is 182 g/mol. The number of fused-ring (bicyclic) bond motifs is 1. The SMILES string of the molecule is COC(=O)[C@@H]1[C@H]2CC[C@@]1(C)C2(C)C. The minimum atomic E-state index is 0.00400. The molecule has 0 unspecified atom stereocenters. The van der Waals surface area contributed by atoms with Gasteiger partial charge >= 0.3 is 5.97 Å². The maximum absolute atomic E-state index is 11.5. The molecule has 3 fully saturated rings. The second kappa shape index (κ2) is 2.28. The van der Waals surface area contributed by atoms with E-state index in [-0.39, 0.29) is 17.3 Å². The zero-order chi connectivity index (χ0) is 9.85. The van der Waals surface area contributed by atoms with Crippen molar-refractivity contribution in [2.45, 2.75) is 33.6 Å². The van der Waals surface area contributed by atoms with Gasteiger partial charge in [-0.15, -0.1) is 0 Å². The molecular weight excluding hydrogens is 164 g/mol. The summed E-state index contributed by atoms with van der Waals surface area (Å²) in [5, 5.41) is 0. The molecule has 3 saturated carbocycles. The molecule has 0 N–H and O–H groups in total. The highest BCUT2D eigenvalue weighted by molar-refractivity contribution is 5.76. The van der Waals surface area contributed by atoms with Crippen molar-refractivity contribution in [1.29, 1.82) is 0 Å². The minimum Gasteiger partial charge on any atom is -0.469 e. The number of ether oxygens (including phenoxy) is 1. The van der Waals surface area contributed by atoms with Crippen LogP contribution in [-0.4, -0.2) is 13.1 Å². The summed E-state index contributed by atoms with van der Waals surface area (Å²) in [6.45, 7) is 6.80. The average molecular weight is 182 g/mol. The van der Waals surface area contributed by atoms with Crippen LogP contribution < -0.4 is 0 Å². The third kappa shape index (κ3) is 0.773. The van der Waals surface area contributed by atoms with Gasteiger partial charge < -0.3 is 4.74 Å². The molecule has 13 heavy (non-hydrogen) atoms. The number of esters is 1. The van der Waals surface area contributed by atoms with Gasteiger partial charge in [0.15, 0.2) is 0 Å². The van der Waals surface area contributed by atoms with Gasteiger partial charge in [-0.3, -0.25) is 4.79 Å². The summed E-state index contributed by atoms with van der Waals surface area (Å²) in [6.07, 6.45) is 2.38. The molecule has 3 aliphatic rings. The highest BCUT2D eigenvalue weighted by atomic mass is 16.5. The van der Waals surface area contributed by atoms with E-state index in [1.807, 2.05) is 0 Å². The fraction of sp³-hybridized carbons (Fsp3) is 0.909. The lowest BCUT2D eigenvalue weighted by Crippen LogP contribution is -2.58. The fourth-order valence-corrected chi connectivity index (χ4v) is 3.60. The van der Waals surface area contributed by atoms with E-state index in [0.717, 1.165) is 0 Å². The Hall–Kier alpha value is -0.530. The Balaban J connectivity index is 2.26. The van der Waals surface area contributed by atoms with Gasteiger partial charge in [0.2, 0.25) is 0 Å². The van der Waals surface area contributed by atoms with Crippen LogP contribution in [0.1, 0.15) is 33.6 Å². The smallest absolute Gasteiger partial charge is 0.309 e. The van der Waals surface area contributed by atoms with Gasteiger partial charge in [0.1, 0.15) is 0 Å². The first-order valence-electron chi connectivity index (χ1n) is 5.03. The summed E-state index contributed by atoms with van der Waals surface area (Å²) in [7, 11) is 1.50. The number of methoxy groups -OCH3 is 1. The van der Waals surface area contributed by atoms with Crippen LogP contribution in [0.3, 0.4) is 0 Å². The number of carbonyl (C=O) groups is 1. The van der Waals surface area contributed by atoms with E-state index in [1.54, 1.807) is 0 Å². The molecule has 0 spiro atoms. The van der Waals surface area contributed by atoms with Gasteiger partial charge in [0.25, 0.3) is 0 Å². The fourth-order valence-electron chi connectivity index (χ4n) is 3.60. The van der Waals surface area contributed by atoms with Crippen LogP contribution in [0.4, 0.5) is 0 Å².